The number of ether oxygens (including phenoxy) is 1. The summed E-state index contributed by atoms with van der Waals surface area (Å²) >= 11 is 0. The summed E-state index contributed by atoms with van der Waals surface area (Å²) in [5, 5.41) is 11.3. The van der Waals surface area contributed by atoms with Crippen LogP contribution in [0.25, 0.3) is 11.1 Å². The lowest BCUT2D eigenvalue weighted by Gasteiger charge is -2.18. The van der Waals surface area contributed by atoms with Crippen LogP contribution in [0, 0.1) is 27.7 Å². The largest absolute Gasteiger partial charge is 0.456 e. The number of benzene rings is 3. The molecule has 5 nitrogen and oxygen atoms in total. The summed E-state index contributed by atoms with van der Waals surface area (Å²) in [6, 6.07) is 15.7. The van der Waals surface area contributed by atoms with Gasteiger partial charge in [0.25, 0.3) is 0 Å². The molecule has 0 spiro atoms. The summed E-state index contributed by atoms with van der Waals surface area (Å²) < 4.78 is 6.36. The first-order valence-electron chi connectivity index (χ1n) is 11.1. The third-order valence-electron chi connectivity index (χ3n) is 5.74. The lowest BCUT2D eigenvalue weighted by molar-refractivity contribution is 0.112. The number of rotatable bonds is 6. The van der Waals surface area contributed by atoms with E-state index in [1.54, 1.807) is 12.1 Å². The van der Waals surface area contributed by atoms with Crippen LogP contribution in [-0.2, 0) is 0 Å². The van der Waals surface area contributed by atoms with Crippen molar-refractivity contribution in [1.29, 1.82) is 0 Å². The van der Waals surface area contributed by atoms with Gasteiger partial charge in [0.05, 0.1) is 5.69 Å². The molecule has 0 saturated carbocycles. The van der Waals surface area contributed by atoms with Gasteiger partial charge in [-0.05, 0) is 93.6 Å². The van der Waals surface area contributed by atoms with Crippen LogP contribution in [0.3, 0.4) is 0 Å². The number of carbonyl (C=O) groups excluding carboxylic acids is 1. The maximum absolute atomic E-state index is 11.0. The van der Waals surface area contributed by atoms with Crippen LogP contribution in [0.4, 0.5) is 5.69 Å². The Morgan fingerprint density at radius 1 is 0.844 bits per heavy atom. The van der Waals surface area contributed by atoms with Gasteiger partial charge in [0, 0.05) is 29.8 Å². The van der Waals surface area contributed by atoms with E-state index in [1.807, 2.05) is 17.1 Å². The molecule has 1 aliphatic rings. The van der Waals surface area contributed by atoms with E-state index < -0.39 is 0 Å². The van der Waals surface area contributed by atoms with E-state index in [9.17, 15) is 4.79 Å². The normalized spacial score (nSPS) is 13.7. The van der Waals surface area contributed by atoms with E-state index in [0.717, 1.165) is 77.0 Å². The predicted molar refractivity (Wildman–Crippen MR) is 128 cm³/mol. The van der Waals surface area contributed by atoms with Crippen molar-refractivity contribution in [3.63, 3.8) is 0 Å². The number of carbonyl (C=O) groups is 1. The molecule has 3 aromatic carbocycles. The highest BCUT2D eigenvalue weighted by atomic mass is 16.5. The Kier molecular flexibility index (Phi) is 6.35. The number of aryl methyl sites for hydroxylation is 4. The molecule has 0 atom stereocenters. The monoisotopic (exact) mass is 427 g/mol. The Morgan fingerprint density at radius 3 is 2.12 bits per heavy atom. The van der Waals surface area contributed by atoms with E-state index in [1.165, 1.54) is 0 Å². The molecule has 5 heteroatoms. The molecular formula is C27H29N3O2. The van der Waals surface area contributed by atoms with Gasteiger partial charge in [0.1, 0.15) is 17.8 Å². The molecule has 4 rings (SSSR count). The van der Waals surface area contributed by atoms with Crippen molar-refractivity contribution in [2.24, 2.45) is 10.3 Å². The number of aldehydes is 1. The Labute approximate surface area is 189 Å². The first-order valence-corrected chi connectivity index (χ1v) is 11.1. The fourth-order valence-electron chi connectivity index (χ4n) is 4.22. The molecular weight excluding hydrogens is 398 g/mol. The molecule has 0 unspecified atom stereocenters. The zero-order valence-corrected chi connectivity index (χ0v) is 19.2. The van der Waals surface area contributed by atoms with Gasteiger partial charge >= 0.3 is 0 Å². The van der Waals surface area contributed by atoms with Gasteiger partial charge in [0.15, 0.2) is 0 Å². The van der Waals surface area contributed by atoms with Gasteiger partial charge in [-0.3, -0.25) is 9.80 Å². The summed E-state index contributed by atoms with van der Waals surface area (Å²) in [5.41, 5.74) is 7.94. The quantitative estimate of drug-likeness (QED) is 0.307. The SMILES string of the molecule is Cc1cc(C)c(N=NN2CCCC2)c(-c2cc(C)cc(C)c2Oc2ccc(C=O)cc2)c1. The van der Waals surface area contributed by atoms with Crippen LogP contribution >= 0.6 is 0 Å². The topological polar surface area (TPSA) is 54.3 Å². The Balaban J connectivity index is 1.82. The average Bonchev–Trinajstić information content (AvgIpc) is 3.28. The summed E-state index contributed by atoms with van der Waals surface area (Å²) in [7, 11) is 0. The van der Waals surface area contributed by atoms with Crippen molar-refractivity contribution in [3.05, 3.63) is 76.3 Å². The highest BCUT2D eigenvalue weighted by molar-refractivity contribution is 5.84. The molecule has 32 heavy (non-hydrogen) atoms. The first-order chi connectivity index (χ1) is 15.4. The second-order valence-electron chi connectivity index (χ2n) is 8.58. The van der Waals surface area contributed by atoms with Crippen molar-refractivity contribution in [3.8, 4) is 22.6 Å². The second-order valence-corrected chi connectivity index (χ2v) is 8.58. The molecule has 1 heterocycles. The fraction of sp³-hybridized carbons (Fsp3) is 0.296. The van der Waals surface area contributed by atoms with Crippen LogP contribution in [0.5, 0.6) is 11.5 Å². The number of nitrogens with zero attached hydrogens (tertiary/aromatic N) is 3. The Bertz CT molecular complexity index is 1160. The van der Waals surface area contributed by atoms with E-state index in [4.69, 9.17) is 9.85 Å². The highest BCUT2D eigenvalue weighted by Crippen LogP contribution is 2.43. The minimum Gasteiger partial charge on any atom is -0.456 e. The van der Waals surface area contributed by atoms with Gasteiger partial charge in [-0.15, -0.1) is 5.11 Å². The molecule has 0 amide bonds. The first kappa shape index (κ1) is 21.8. The minimum atomic E-state index is 0.622. The van der Waals surface area contributed by atoms with Crippen LogP contribution in [-0.4, -0.2) is 24.4 Å². The van der Waals surface area contributed by atoms with Gasteiger partial charge in [-0.1, -0.05) is 22.9 Å². The molecule has 0 radical (unpaired) electrons. The zero-order chi connectivity index (χ0) is 22.7. The van der Waals surface area contributed by atoms with E-state index >= 15 is 0 Å². The highest BCUT2D eigenvalue weighted by Gasteiger charge is 2.18. The van der Waals surface area contributed by atoms with Gasteiger partial charge < -0.3 is 4.74 Å². The molecule has 0 N–H and O–H groups in total. The standard InChI is InChI=1S/C27H29N3O2/c1-18-13-20(3)26(28-29-30-11-5-6-12-30)24(15-18)25-16-19(2)14-21(4)27(25)32-23-9-7-22(17-31)8-10-23/h7-10,13-17H,5-6,11-12H2,1-4H3. The van der Waals surface area contributed by atoms with Crippen molar-refractivity contribution >= 4 is 12.0 Å². The lowest BCUT2D eigenvalue weighted by Crippen LogP contribution is -2.09. The van der Waals surface area contributed by atoms with Crippen LogP contribution in [0.15, 0.2) is 58.9 Å². The fourth-order valence-corrected chi connectivity index (χ4v) is 4.22. The third-order valence-corrected chi connectivity index (χ3v) is 5.74. The summed E-state index contributed by atoms with van der Waals surface area (Å²) in [4.78, 5) is 11.0. The van der Waals surface area contributed by atoms with E-state index in [0.29, 0.717) is 11.3 Å². The summed E-state index contributed by atoms with van der Waals surface area (Å²) in [6.45, 7) is 10.2. The average molecular weight is 428 g/mol. The van der Waals surface area contributed by atoms with Crippen LogP contribution in [0.2, 0.25) is 0 Å². The van der Waals surface area contributed by atoms with Crippen molar-refractivity contribution in [1.82, 2.24) is 5.01 Å². The molecule has 0 aromatic heterocycles. The molecule has 164 valence electrons. The smallest absolute Gasteiger partial charge is 0.150 e. The molecule has 1 saturated heterocycles. The zero-order valence-electron chi connectivity index (χ0n) is 19.2. The summed E-state index contributed by atoms with van der Waals surface area (Å²) in [6.07, 6.45) is 3.16. The number of hydrogen-bond donors (Lipinski definition) is 0. The van der Waals surface area contributed by atoms with Crippen molar-refractivity contribution in [2.75, 3.05) is 13.1 Å². The van der Waals surface area contributed by atoms with Gasteiger partial charge in [-0.25, -0.2) is 0 Å². The van der Waals surface area contributed by atoms with Crippen molar-refractivity contribution < 1.29 is 9.53 Å². The van der Waals surface area contributed by atoms with E-state index in [2.05, 4.69) is 57.2 Å². The van der Waals surface area contributed by atoms with Crippen LogP contribution < -0.4 is 4.74 Å². The predicted octanol–water partition coefficient (Wildman–Crippen LogP) is 7.29. The molecule has 1 fully saturated rings. The van der Waals surface area contributed by atoms with E-state index in [-0.39, 0.29) is 0 Å². The molecule has 0 aliphatic carbocycles. The van der Waals surface area contributed by atoms with Crippen molar-refractivity contribution in [2.45, 2.75) is 40.5 Å². The summed E-state index contributed by atoms with van der Waals surface area (Å²) in [5.74, 6) is 1.48. The lowest BCUT2D eigenvalue weighted by atomic mass is 9.94. The maximum atomic E-state index is 11.0. The maximum Gasteiger partial charge on any atom is 0.150 e. The van der Waals surface area contributed by atoms with Crippen LogP contribution in [0.1, 0.15) is 45.5 Å². The Morgan fingerprint density at radius 2 is 1.47 bits per heavy atom. The third kappa shape index (κ3) is 4.72. The molecule has 0 bridgehead atoms. The van der Waals surface area contributed by atoms with Gasteiger partial charge in [-0.2, -0.15) is 0 Å². The van der Waals surface area contributed by atoms with Gasteiger partial charge in [0.2, 0.25) is 0 Å². The molecule has 3 aromatic rings. The Hall–Kier alpha value is -3.47. The minimum absolute atomic E-state index is 0.622. The number of hydrogen-bond acceptors (Lipinski definition) is 4. The second kappa shape index (κ2) is 9.35. The molecule has 1 aliphatic heterocycles.